The zero-order valence-corrected chi connectivity index (χ0v) is 7.19. The Balaban J connectivity index is 2.72. The summed E-state index contributed by atoms with van der Waals surface area (Å²) in [6.45, 7) is 0. The number of benzene rings is 1. The minimum atomic E-state index is -4.20. The maximum absolute atomic E-state index is 12.4. The van der Waals surface area contributed by atoms with Crippen molar-refractivity contribution in [2.45, 2.75) is 5.51 Å². The van der Waals surface area contributed by atoms with Gasteiger partial charge in [0.2, 0.25) is 10.2 Å². The van der Waals surface area contributed by atoms with Gasteiger partial charge >= 0.3 is 5.51 Å². The first-order valence-corrected chi connectivity index (χ1v) is 4.81. The second-order valence-corrected chi connectivity index (χ2v) is 4.27. The Labute approximate surface area is 74.8 Å². The van der Waals surface area contributed by atoms with Gasteiger partial charge in [0.25, 0.3) is 0 Å². The summed E-state index contributed by atoms with van der Waals surface area (Å²) in [6, 6.07) is 6.34. The zero-order chi connectivity index (χ0) is 9.47. The van der Waals surface area contributed by atoms with E-state index in [-0.39, 0.29) is 4.70 Å². The van der Waals surface area contributed by atoms with Crippen LogP contribution in [0.4, 0.5) is 13.2 Å². The Morgan fingerprint density at radius 2 is 1.85 bits per heavy atom. The number of alkyl halides is 3. The standard InChI is InChI=1S/C8H5F3NS/c9-8(10,11)13-5-12-6-3-1-2-4-7(6)13/h1-5H/q+1. The van der Waals surface area contributed by atoms with Gasteiger partial charge in [-0.3, -0.25) is 0 Å². The molecule has 0 spiro atoms. The quantitative estimate of drug-likeness (QED) is 0.599. The number of hydrogen-bond donors (Lipinski definition) is 0. The van der Waals surface area contributed by atoms with Crippen molar-refractivity contribution in [2.75, 3.05) is 0 Å². The predicted molar refractivity (Wildman–Crippen MR) is 45.5 cm³/mol. The van der Waals surface area contributed by atoms with Gasteiger partial charge in [0.1, 0.15) is 16.0 Å². The maximum atomic E-state index is 12.4. The molecule has 5 heteroatoms. The zero-order valence-electron chi connectivity index (χ0n) is 6.38. The van der Waals surface area contributed by atoms with Gasteiger partial charge in [-0.05, 0) is 6.07 Å². The van der Waals surface area contributed by atoms with Crippen LogP contribution in [0.3, 0.4) is 0 Å². The largest absolute Gasteiger partial charge is 0.602 e. The fourth-order valence-electron chi connectivity index (χ4n) is 1.10. The molecule has 0 N–H and O–H groups in total. The number of hydrogen-bond acceptors (Lipinski definition) is 1. The predicted octanol–water partition coefficient (Wildman–Crippen LogP) is 3.46. The number of halogens is 3. The fraction of sp³-hybridized carbons (Fsp3) is 0.125. The van der Waals surface area contributed by atoms with Crippen LogP contribution in [-0.2, 0) is 5.51 Å². The van der Waals surface area contributed by atoms with Gasteiger partial charge in [0.15, 0.2) is 0 Å². The first kappa shape index (κ1) is 8.50. The van der Waals surface area contributed by atoms with Crippen molar-refractivity contribution in [1.29, 1.82) is 0 Å². The number of thiazole rings is 1. The Hall–Kier alpha value is -1.10. The highest BCUT2D eigenvalue weighted by Crippen LogP contribution is 2.45. The fourth-order valence-corrected chi connectivity index (χ4v) is 2.37. The summed E-state index contributed by atoms with van der Waals surface area (Å²) in [4.78, 5) is 3.71. The van der Waals surface area contributed by atoms with Crippen molar-refractivity contribution in [3.05, 3.63) is 29.8 Å². The van der Waals surface area contributed by atoms with E-state index in [0.717, 1.165) is 5.51 Å². The molecule has 1 aromatic heterocycles. The summed E-state index contributed by atoms with van der Waals surface area (Å²) in [5.74, 6) is 0. The normalized spacial score (nSPS) is 13.6. The summed E-state index contributed by atoms with van der Waals surface area (Å²) >= 11 is 0. The molecule has 0 fully saturated rings. The first-order chi connectivity index (χ1) is 6.09. The second-order valence-electron chi connectivity index (χ2n) is 2.49. The topological polar surface area (TPSA) is 12.9 Å². The first-order valence-electron chi connectivity index (χ1n) is 3.52. The molecule has 1 nitrogen and oxygen atoms in total. The number of fused-ring (bicyclic) bond motifs is 1. The van der Waals surface area contributed by atoms with Crippen LogP contribution in [-0.4, -0.2) is 4.98 Å². The van der Waals surface area contributed by atoms with E-state index in [2.05, 4.69) is 4.98 Å². The Bertz CT molecular complexity index is 432. The lowest BCUT2D eigenvalue weighted by molar-refractivity contribution is -0.0866. The van der Waals surface area contributed by atoms with E-state index in [4.69, 9.17) is 0 Å². The number of para-hydroxylation sites is 1. The van der Waals surface area contributed by atoms with Gasteiger partial charge in [0.05, 0.1) is 0 Å². The lowest BCUT2D eigenvalue weighted by Crippen LogP contribution is -1.93. The average Bonchev–Trinajstić information content (AvgIpc) is 2.45. The smallest absolute Gasteiger partial charge is 0.199 e. The minimum Gasteiger partial charge on any atom is -0.199 e. The molecule has 0 aliphatic heterocycles. The number of nitrogens with zero attached hydrogens (tertiary/aromatic N) is 1. The molecule has 0 saturated heterocycles. The molecule has 1 atom stereocenters. The van der Waals surface area contributed by atoms with Crippen molar-refractivity contribution >= 4 is 20.7 Å². The number of aromatic nitrogens is 1. The van der Waals surface area contributed by atoms with Gasteiger partial charge in [-0.15, -0.1) is 13.2 Å². The summed E-state index contributed by atoms with van der Waals surface area (Å²) in [5.41, 5.74) is -2.79. The van der Waals surface area contributed by atoms with Gasteiger partial charge in [0, 0.05) is 6.07 Å². The van der Waals surface area contributed by atoms with Crippen molar-refractivity contribution in [1.82, 2.24) is 4.98 Å². The molecule has 0 radical (unpaired) electrons. The Morgan fingerprint density at radius 1 is 1.15 bits per heavy atom. The van der Waals surface area contributed by atoms with Gasteiger partial charge in [-0.25, -0.2) is 0 Å². The van der Waals surface area contributed by atoms with Crippen molar-refractivity contribution in [3.8, 4) is 0 Å². The lowest BCUT2D eigenvalue weighted by Gasteiger charge is -1.92. The summed E-state index contributed by atoms with van der Waals surface area (Å²) in [7, 11) is -1.81. The van der Waals surface area contributed by atoms with Crippen LogP contribution in [0.25, 0.3) is 10.2 Å². The van der Waals surface area contributed by atoms with E-state index >= 15 is 0 Å². The molecule has 0 aliphatic carbocycles. The molecular weight excluding hydrogens is 199 g/mol. The second kappa shape index (κ2) is 2.70. The summed E-state index contributed by atoms with van der Waals surface area (Å²) < 4.78 is 37.4. The van der Waals surface area contributed by atoms with Gasteiger partial charge in [-0.1, -0.05) is 12.1 Å². The highest BCUT2D eigenvalue weighted by atomic mass is 32.2. The van der Waals surface area contributed by atoms with Crippen LogP contribution in [0.15, 0.2) is 29.8 Å². The third-order valence-electron chi connectivity index (χ3n) is 1.65. The van der Waals surface area contributed by atoms with Crippen molar-refractivity contribution in [2.24, 2.45) is 0 Å². The van der Waals surface area contributed by atoms with Crippen LogP contribution < -0.4 is 0 Å². The van der Waals surface area contributed by atoms with Crippen LogP contribution in [0.1, 0.15) is 0 Å². The Kier molecular flexibility index (Phi) is 1.76. The van der Waals surface area contributed by atoms with E-state index in [0.29, 0.717) is 5.52 Å². The van der Waals surface area contributed by atoms with E-state index in [1.54, 1.807) is 18.2 Å². The average molecular weight is 204 g/mol. The number of rotatable bonds is 0. The highest BCUT2D eigenvalue weighted by molar-refractivity contribution is 7.36. The third-order valence-corrected chi connectivity index (χ3v) is 3.28. The highest BCUT2D eigenvalue weighted by Gasteiger charge is 2.45. The third kappa shape index (κ3) is 1.39. The molecule has 1 unspecified atom stereocenters. The van der Waals surface area contributed by atoms with E-state index < -0.39 is 16.0 Å². The molecular formula is C8H5F3NS+. The molecule has 1 heterocycles. The SMILES string of the molecule is FC(F)(F)[s+]1cnc2ccccc21. The molecule has 13 heavy (non-hydrogen) atoms. The van der Waals surface area contributed by atoms with E-state index in [9.17, 15) is 13.2 Å². The van der Waals surface area contributed by atoms with Crippen LogP contribution in [0.2, 0.25) is 0 Å². The van der Waals surface area contributed by atoms with Crippen molar-refractivity contribution in [3.63, 3.8) is 0 Å². The molecule has 0 bridgehead atoms. The minimum absolute atomic E-state index is 0.273. The van der Waals surface area contributed by atoms with E-state index in [1.807, 2.05) is 0 Å². The van der Waals surface area contributed by atoms with E-state index in [1.165, 1.54) is 6.07 Å². The van der Waals surface area contributed by atoms with Crippen LogP contribution >= 0.6 is 10.5 Å². The van der Waals surface area contributed by atoms with Crippen LogP contribution in [0, 0.1) is 0 Å². The molecule has 0 amide bonds. The van der Waals surface area contributed by atoms with Gasteiger partial charge in [-0.2, -0.15) is 4.98 Å². The monoisotopic (exact) mass is 204 g/mol. The molecule has 0 saturated carbocycles. The van der Waals surface area contributed by atoms with Gasteiger partial charge < -0.3 is 0 Å². The molecule has 2 rings (SSSR count). The molecule has 2 aromatic rings. The lowest BCUT2D eigenvalue weighted by atomic mass is 10.3. The molecule has 68 valence electrons. The Morgan fingerprint density at radius 3 is 2.54 bits per heavy atom. The summed E-state index contributed by atoms with van der Waals surface area (Å²) in [5, 5.41) is 0. The van der Waals surface area contributed by atoms with Crippen molar-refractivity contribution < 1.29 is 13.2 Å². The summed E-state index contributed by atoms with van der Waals surface area (Å²) in [6.07, 6.45) is 0. The molecule has 1 aromatic carbocycles. The van der Waals surface area contributed by atoms with Crippen LogP contribution in [0.5, 0.6) is 0 Å². The maximum Gasteiger partial charge on any atom is 0.602 e. The molecule has 0 aliphatic rings.